The van der Waals surface area contributed by atoms with Gasteiger partial charge in [-0.3, -0.25) is 0 Å². The van der Waals surface area contributed by atoms with Gasteiger partial charge in [-0.2, -0.15) is 13.2 Å². The van der Waals surface area contributed by atoms with Crippen molar-refractivity contribution in [2.45, 2.75) is 51.6 Å². The highest BCUT2D eigenvalue weighted by Crippen LogP contribution is 2.36. The molecule has 1 aliphatic carbocycles. The predicted molar refractivity (Wildman–Crippen MR) is 72.2 cm³/mol. The summed E-state index contributed by atoms with van der Waals surface area (Å²) in [6.07, 6.45) is 1.19. The summed E-state index contributed by atoms with van der Waals surface area (Å²) in [5.74, 6) is 0. The molecule has 1 rings (SSSR count). The summed E-state index contributed by atoms with van der Waals surface area (Å²) < 4.78 is 36.8. The van der Waals surface area contributed by atoms with Crippen LogP contribution in [0.4, 0.5) is 13.2 Å². The highest BCUT2D eigenvalue weighted by molar-refractivity contribution is 4.87. The smallest absolute Gasteiger partial charge is 0.316 e. The van der Waals surface area contributed by atoms with Crippen molar-refractivity contribution in [3.63, 3.8) is 0 Å². The van der Waals surface area contributed by atoms with E-state index in [-0.39, 0.29) is 12.0 Å². The summed E-state index contributed by atoms with van der Waals surface area (Å²) in [7, 11) is 1.81. The summed E-state index contributed by atoms with van der Waals surface area (Å²) >= 11 is 0. The SMILES string of the molecule is CCNCC1(CN(C)CCC(F)(F)F)CCCCC1. The molecule has 0 heterocycles. The molecule has 1 fully saturated rings. The molecule has 0 aromatic rings. The molecule has 0 atom stereocenters. The zero-order valence-electron chi connectivity index (χ0n) is 12.2. The summed E-state index contributed by atoms with van der Waals surface area (Å²) in [5, 5.41) is 3.39. The molecule has 0 radical (unpaired) electrons. The number of nitrogens with one attached hydrogen (secondary N) is 1. The Balaban J connectivity index is 2.46. The lowest BCUT2D eigenvalue weighted by Crippen LogP contribution is -2.45. The lowest BCUT2D eigenvalue weighted by Gasteiger charge is -2.40. The minimum Gasteiger partial charge on any atom is -0.316 e. The van der Waals surface area contributed by atoms with Crippen molar-refractivity contribution in [1.29, 1.82) is 0 Å². The van der Waals surface area contributed by atoms with Gasteiger partial charge in [0.2, 0.25) is 0 Å². The van der Waals surface area contributed by atoms with E-state index in [9.17, 15) is 13.2 Å². The van der Waals surface area contributed by atoms with Gasteiger partial charge in [0.1, 0.15) is 0 Å². The minimum atomic E-state index is -4.05. The molecule has 0 unspecified atom stereocenters. The zero-order valence-corrected chi connectivity index (χ0v) is 12.2. The predicted octanol–water partition coefficient (Wildman–Crippen LogP) is 3.43. The van der Waals surface area contributed by atoms with Gasteiger partial charge in [0.15, 0.2) is 0 Å². The van der Waals surface area contributed by atoms with Crippen LogP contribution in [0.5, 0.6) is 0 Å². The molecule has 5 heteroatoms. The van der Waals surface area contributed by atoms with Crippen LogP contribution >= 0.6 is 0 Å². The van der Waals surface area contributed by atoms with Crippen LogP contribution in [0, 0.1) is 5.41 Å². The Hall–Kier alpha value is -0.290. The fourth-order valence-corrected chi connectivity index (χ4v) is 3.05. The fraction of sp³-hybridized carbons (Fsp3) is 1.00. The first-order valence-corrected chi connectivity index (χ1v) is 7.33. The van der Waals surface area contributed by atoms with Crippen LogP contribution in [0.1, 0.15) is 45.4 Å². The van der Waals surface area contributed by atoms with E-state index in [4.69, 9.17) is 0 Å². The van der Waals surface area contributed by atoms with E-state index in [2.05, 4.69) is 12.2 Å². The number of alkyl halides is 3. The number of hydrogen-bond acceptors (Lipinski definition) is 2. The van der Waals surface area contributed by atoms with Crippen LogP contribution in [0.25, 0.3) is 0 Å². The molecular formula is C14H27F3N2. The van der Waals surface area contributed by atoms with Gasteiger partial charge in [0.05, 0.1) is 6.42 Å². The van der Waals surface area contributed by atoms with Crippen LogP contribution in [0.3, 0.4) is 0 Å². The molecule has 1 aliphatic rings. The van der Waals surface area contributed by atoms with Gasteiger partial charge in [-0.25, -0.2) is 0 Å². The second-order valence-electron chi connectivity index (χ2n) is 5.94. The molecule has 0 spiro atoms. The lowest BCUT2D eigenvalue weighted by molar-refractivity contribution is -0.138. The first-order chi connectivity index (χ1) is 8.87. The van der Waals surface area contributed by atoms with E-state index in [1.807, 2.05) is 11.9 Å². The van der Waals surface area contributed by atoms with Crippen LogP contribution < -0.4 is 5.32 Å². The van der Waals surface area contributed by atoms with Crippen molar-refractivity contribution in [3.8, 4) is 0 Å². The van der Waals surface area contributed by atoms with Crippen molar-refractivity contribution in [2.24, 2.45) is 5.41 Å². The molecule has 1 N–H and O–H groups in total. The van der Waals surface area contributed by atoms with E-state index in [1.165, 1.54) is 19.3 Å². The van der Waals surface area contributed by atoms with Crippen LogP contribution in [-0.4, -0.2) is 44.3 Å². The van der Waals surface area contributed by atoms with Crippen molar-refractivity contribution in [3.05, 3.63) is 0 Å². The fourth-order valence-electron chi connectivity index (χ4n) is 3.05. The number of rotatable bonds is 7. The first kappa shape index (κ1) is 16.8. The summed E-state index contributed by atoms with van der Waals surface area (Å²) in [5.41, 5.74) is 0.175. The second kappa shape index (κ2) is 7.48. The zero-order chi connectivity index (χ0) is 14.4. The molecule has 19 heavy (non-hydrogen) atoms. The molecule has 0 saturated heterocycles. The van der Waals surface area contributed by atoms with Gasteiger partial charge >= 0.3 is 6.18 Å². The minimum absolute atomic E-state index is 0.109. The summed E-state index contributed by atoms with van der Waals surface area (Å²) in [4.78, 5) is 1.86. The highest BCUT2D eigenvalue weighted by Gasteiger charge is 2.34. The average Bonchev–Trinajstić information content (AvgIpc) is 2.34. The molecule has 114 valence electrons. The first-order valence-electron chi connectivity index (χ1n) is 7.33. The lowest BCUT2D eigenvalue weighted by atomic mass is 9.73. The van der Waals surface area contributed by atoms with Gasteiger partial charge in [-0.05, 0) is 31.8 Å². The Labute approximate surface area is 114 Å². The number of halogens is 3. The van der Waals surface area contributed by atoms with Gasteiger partial charge in [0.25, 0.3) is 0 Å². The van der Waals surface area contributed by atoms with Gasteiger partial charge in [-0.1, -0.05) is 26.2 Å². The quantitative estimate of drug-likeness (QED) is 0.768. The monoisotopic (exact) mass is 280 g/mol. The third kappa shape index (κ3) is 6.61. The van der Waals surface area contributed by atoms with E-state index in [0.29, 0.717) is 0 Å². The van der Waals surface area contributed by atoms with Crippen LogP contribution in [0.2, 0.25) is 0 Å². The van der Waals surface area contributed by atoms with E-state index >= 15 is 0 Å². The number of nitrogens with zero attached hydrogens (tertiary/aromatic N) is 1. The maximum atomic E-state index is 12.3. The van der Waals surface area contributed by atoms with Crippen LogP contribution in [0.15, 0.2) is 0 Å². The number of hydrogen-bond donors (Lipinski definition) is 1. The second-order valence-corrected chi connectivity index (χ2v) is 5.94. The molecule has 1 saturated carbocycles. The Kier molecular flexibility index (Phi) is 6.60. The summed E-state index contributed by atoms with van der Waals surface area (Å²) in [6.45, 7) is 4.81. The molecule has 2 nitrogen and oxygen atoms in total. The largest absolute Gasteiger partial charge is 0.390 e. The standard InChI is InChI=1S/C14H27F3N2/c1-3-18-11-13(7-5-4-6-8-13)12-19(2)10-9-14(15,16)17/h18H,3-12H2,1-2H3. The van der Waals surface area contributed by atoms with E-state index < -0.39 is 12.6 Å². The molecular weight excluding hydrogens is 253 g/mol. The third-order valence-electron chi connectivity index (χ3n) is 4.05. The van der Waals surface area contributed by atoms with Crippen molar-refractivity contribution >= 4 is 0 Å². The van der Waals surface area contributed by atoms with Gasteiger partial charge in [-0.15, -0.1) is 0 Å². The topological polar surface area (TPSA) is 15.3 Å². The maximum Gasteiger partial charge on any atom is 0.390 e. The van der Waals surface area contributed by atoms with Crippen molar-refractivity contribution in [1.82, 2.24) is 10.2 Å². The summed E-state index contributed by atoms with van der Waals surface area (Å²) in [6, 6.07) is 0. The molecule has 0 bridgehead atoms. The van der Waals surface area contributed by atoms with Gasteiger partial charge in [0, 0.05) is 19.6 Å². The molecule has 0 aromatic heterocycles. The molecule has 0 aromatic carbocycles. The third-order valence-corrected chi connectivity index (χ3v) is 4.05. The maximum absolute atomic E-state index is 12.3. The normalized spacial score (nSPS) is 19.9. The van der Waals surface area contributed by atoms with Crippen LogP contribution in [-0.2, 0) is 0 Å². The Morgan fingerprint density at radius 3 is 2.32 bits per heavy atom. The Morgan fingerprint density at radius 1 is 1.16 bits per heavy atom. The molecule has 0 amide bonds. The van der Waals surface area contributed by atoms with Crippen molar-refractivity contribution < 1.29 is 13.2 Å². The average molecular weight is 280 g/mol. The highest BCUT2D eigenvalue weighted by atomic mass is 19.4. The van der Waals surface area contributed by atoms with Gasteiger partial charge < -0.3 is 10.2 Å². The van der Waals surface area contributed by atoms with E-state index in [1.54, 1.807) is 0 Å². The Morgan fingerprint density at radius 2 is 1.79 bits per heavy atom. The Bertz CT molecular complexity index is 248. The molecule has 0 aliphatic heterocycles. The van der Waals surface area contributed by atoms with E-state index in [0.717, 1.165) is 32.5 Å². The van der Waals surface area contributed by atoms with Crippen molar-refractivity contribution in [2.75, 3.05) is 33.2 Å².